The number of alkyl halides is 2. The molecule has 2 saturated carbocycles. The van der Waals surface area contributed by atoms with Gasteiger partial charge < -0.3 is 0 Å². The lowest BCUT2D eigenvalue weighted by Crippen LogP contribution is -2.31. The van der Waals surface area contributed by atoms with Gasteiger partial charge in [0.25, 0.3) is 5.92 Å². The van der Waals surface area contributed by atoms with Crippen molar-refractivity contribution in [2.24, 2.45) is 17.0 Å². The van der Waals surface area contributed by atoms with Gasteiger partial charge in [-0.3, -0.25) is 0 Å². The number of rotatable bonds is 1. The van der Waals surface area contributed by atoms with Crippen molar-refractivity contribution in [2.45, 2.75) is 24.0 Å². The van der Waals surface area contributed by atoms with Gasteiger partial charge >= 0.3 is 0 Å². The quantitative estimate of drug-likeness (QED) is 0.658. The van der Waals surface area contributed by atoms with E-state index in [-0.39, 0.29) is 0 Å². The molecule has 6 heteroatoms. The van der Waals surface area contributed by atoms with Crippen LogP contribution in [0.2, 0.25) is 0 Å². The summed E-state index contributed by atoms with van der Waals surface area (Å²) >= 11 is 0. The van der Waals surface area contributed by atoms with Crippen LogP contribution in [0.4, 0.5) is 8.78 Å². The summed E-state index contributed by atoms with van der Waals surface area (Å²) in [5, 5.41) is 3.82. The van der Waals surface area contributed by atoms with E-state index in [0.29, 0.717) is 12.8 Å². The Hall–Kier alpha value is -0.230. The second-order valence-corrected chi connectivity index (χ2v) is 5.30. The molecule has 2 rings (SSSR count). The number of primary sulfonamides is 1. The van der Waals surface area contributed by atoms with Crippen LogP contribution < -0.4 is 5.14 Å². The van der Waals surface area contributed by atoms with Crippen molar-refractivity contribution in [3.8, 4) is 0 Å². The van der Waals surface area contributed by atoms with E-state index in [9.17, 15) is 17.2 Å². The Balaban J connectivity index is 2.24. The SMILES string of the molecule is NS(=O)(=O)C1CCC2C1C2(F)F. The van der Waals surface area contributed by atoms with E-state index in [1.807, 2.05) is 0 Å². The average Bonchev–Trinajstić information content (AvgIpc) is 2.34. The van der Waals surface area contributed by atoms with Crippen molar-refractivity contribution in [3.05, 3.63) is 0 Å². The predicted octanol–water partition coefficient (Wildman–Crippen LogP) is 0.319. The molecule has 12 heavy (non-hydrogen) atoms. The molecule has 0 aromatic rings. The Morgan fingerprint density at radius 1 is 1.33 bits per heavy atom. The second kappa shape index (κ2) is 1.98. The minimum absolute atomic E-state index is 0.290. The summed E-state index contributed by atoms with van der Waals surface area (Å²) in [7, 11) is -3.76. The highest BCUT2D eigenvalue weighted by atomic mass is 32.2. The number of sulfonamides is 1. The third kappa shape index (κ3) is 0.908. The normalized spacial score (nSPS) is 44.1. The Morgan fingerprint density at radius 2 is 1.92 bits per heavy atom. The standard InChI is InChI=1S/C6H9F2NO2S/c7-6(8)3-1-2-4(5(3)6)12(9,10)11/h3-5H,1-2H2,(H2,9,10,11). The first-order valence-electron chi connectivity index (χ1n) is 3.74. The summed E-state index contributed by atoms with van der Waals surface area (Å²) < 4.78 is 47.0. The Morgan fingerprint density at radius 3 is 2.17 bits per heavy atom. The number of nitrogens with two attached hydrogens (primary N) is 1. The lowest BCUT2D eigenvalue weighted by molar-refractivity contribution is 0.0734. The first-order chi connectivity index (χ1) is 5.35. The van der Waals surface area contributed by atoms with Crippen LogP contribution in [0, 0.1) is 11.8 Å². The van der Waals surface area contributed by atoms with Gasteiger partial charge in [0.15, 0.2) is 0 Å². The molecule has 0 heterocycles. The summed E-state index contributed by atoms with van der Waals surface area (Å²) in [6.45, 7) is 0. The highest BCUT2D eigenvalue weighted by Crippen LogP contribution is 2.65. The molecule has 0 saturated heterocycles. The molecule has 3 atom stereocenters. The van der Waals surface area contributed by atoms with E-state index < -0.39 is 33.0 Å². The monoisotopic (exact) mass is 197 g/mol. The molecule has 0 amide bonds. The lowest BCUT2D eigenvalue weighted by Gasteiger charge is -2.10. The zero-order chi connectivity index (χ0) is 9.15. The third-order valence-electron chi connectivity index (χ3n) is 2.85. The van der Waals surface area contributed by atoms with Crippen molar-refractivity contribution >= 4 is 10.0 Å². The van der Waals surface area contributed by atoms with Crippen molar-refractivity contribution in [3.63, 3.8) is 0 Å². The van der Waals surface area contributed by atoms with E-state index in [1.54, 1.807) is 0 Å². The van der Waals surface area contributed by atoms with Crippen LogP contribution in [0.1, 0.15) is 12.8 Å². The maximum atomic E-state index is 12.7. The van der Waals surface area contributed by atoms with Gasteiger partial charge in [0.1, 0.15) is 0 Å². The van der Waals surface area contributed by atoms with Gasteiger partial charge in [-0.1, -0.05) is 0 Å². The van der Waals surface area contributed by atoms with Crippen molar-refractivity contribution in [1.29, 1.82) is 0 Å². The van der Waals surface area contributed by atoms with E-state index in [1.165, 1.54) is 0 Å². The molecule has 2 N–H and O–H groups in total. The van der Waals surface area contributed by atoms with Crippen LogP contribution in [0.5, 0.6) is 0 Å². The summed E-state index contributed by atoms with van der Waals surface area (Å²) in [5.41, 5.74) is 0. The minimum Gasteiger partial charge on any atom is -0.228 e. The zero-order valence-electron chi connectivity index (χ0n) is 6.20. The van der Waals surface area contributed by atoms with Crippen LogP contribution in [0.25, 0.3) is 0 Å². The molecular weight excluding hydrogens is 188 g/mol. The van der Waals surface area contributed by atoms with Crippen LogP contribution in [-0.2, 0) is 10.0 Å². The van der Waals surface area contributed by atoms with Gasteiger partial charge in [-0.2, -0.15) is 0 Å². The molecular formula is C6H9F2NO2S. The molecule has 0 bridgehead atoms. The Kier molecular flexibility index (Phi) is 1.38. The summed E-state index contributed by atoms with van der Waals surface area (Å²) in [6, 6.07) is 0. The van der Waals surface area contributed by atoms with E-state index >= 15 is 0 Å². The zero-order valence-corrected chi connectivity index (χ0v) is 7.02. The molecule has 0 radical (unpaired) electrons. The van der Waals surface area contributed by atoms with Crippen LogP contribution >= 0.6 is 0 Å². The highest BCUT2D eigenvalue weighted by molar-refractivity contribution is 7.89. The molecule has 0 aromatic carbocycles. The van der Waals surface area contributed by atoms with Gasteiger partial charge in [0.05, 0.1) is 5.25 Å². The molecule has 2 aliphatic carbocycles. The average molecular weight is 197 g/mol. The Bertz CT molecular complexity index is 314. The van der Waals surface area contributed by atoms with Crippen LogP contribution in [-0.4, -0.2) is 19.6 Å². The van der Waals surface area contributed by atoms with E-state index in [2.05, 4.69) is 0 Å². The molecule has 0 spiro atoms. The summed E-state index contributed by atoms with van der Waals surface area (Å²) in [6.07, 6.45) is 0.586. The number of hydrogen-bond acceptors (Lipinski definition) is 2. The first kappa shape index (κ1) is 8.37. The van der Waals surface area contributed by atoms with Gasteiger partial charge in [-0.25, -0.2) is 22.3 Å². The minimum atomic E-state index is -3.76. The number of fused-ring (bicyclic) bond motifs is 1. The van der Waals surface area contributed by atoms with Crippen LogP contribution in [0.3, 0.4) is 0 Å². The molecule has 2 aliphatic rings. The maximum Gasteiger partial charge on any atom is 0.255 e. The summed E-state index contributed by atoms with van der Waals surface area (Å²) in [5.74, 6) is -4.48. The van der Waals surface area contributed by atoms with Crippen molar-refractivity contribution < 1.29 is 17.2 Å². The van der Waals surface area contributed by atoms with Crippen molar-refractivity contribution in [2.75, 3.05) is 0 Å². The highest BCUT2D eigenvalue weighted by Gasteiger charge is 2.75. The molecule has 2 fully saturated rings. The topological polar surface area (TPSA) is 60.2 Å². The molecule has 3 nitrogen and oxygen atoms in total. The smallest absolute Gasteiger partial charge is 0.228 e. The predicted molar refractivity (Wildman–Crippen MR) is 38.1 cm³/mol. The fourth-order valence-electron chi connectivity index (χ4n) is 2.19. The summed E-state index contributed by atoms with van der Waals surface area (Å²) in [4.78, 5) is 0. The van der Waals surface area contributed by atoms with Gasteiger partial charge in [0, 0.05) is 11.8 Å². The van der Waals surface area contributed by atoms with Crippen LogP contribution in [0.15, 0.2) is 0 Å². The first-order valence-corrected chi connectivity index (χ1v) is 5.35. The third-order valence-corrected chi connectivity index (χ3v) is 4.22. The van der Waals surface area contributed by atoms with Gasteiger partial charge in [0.2, 0.25) is 10.0 Å². The maximum absolute atomic E-state index is 12.7. The number of halogens is 2. The second-order valence-electron chi connectivity index (χ2n) is 3.51. The Labute approximate surface area is 69.0 Å². The largest absolute Gasteiger partial charge is 0.255 e. The van der Waals surface area contributed by atoms with Gasteiger partial charge in [-0.15, -0.1) is 0 Å². The fourth-order valence-corrected chi connectivity index (χ4v) is 3.43. The van der Waals surface area contributed by atoms with Gasteiger partial charge in [-0.05, 0) is 12.8 Å². The van der Waals surface area contributed by atoms with E-state index in [4.69, 9.17) is 5.14 Å². The molecule has 0 aliphatic heterocycles. The number of hydrogen-bond donors (Lipinski definition) is 1. The molecule has 70 valence electrons. The molecule has 0 aromatic heterocycles. The fraction of sp³-hybridized carbons (Fsp3) is 1.00. The molecule has 3 unspecified atom stereocenters. The van der Waals surface area contributed by atoms with E-state index in [0.717, 1.165) is 0 Å². The van der Waals surface area contributed by atoms with Crippen molar-refractivity contribution in [1.82, 2.24) is 0 Å². The lowest BCUT2D eigenvalue weighted by atomic mass is 10.2.